The van der Waals surface area contributed by atoms with Gasteiger partial charge in [0.05, 0.1) is 4.90 Å². The van der Waals surface area contributed by atoms with Crippen molar-refractivity contribution in [3.8, 4) is 0 Å². The van der Waals surface area contributed by atoms with Crippen LogP contribution in [-0.4, -0.2) is 49.8 Å². The molecule has 0 spiro atoms. The SMILES string of the molecule is CCN(CC)S(=O)(=O)c1ccc([C@H](C)[NH2+]CC(=O)NC(=O)NC(C)(C)C)cc1. The number of nitrogens with zero attached hydrogens (tertiary/aromatic N) is 1. The molecule has 0 fully saturated rings. The lowest BCUT2D eigenvalue weighted by molar-refractivity contribution is -0.682. The van der Waals surface area contributed by atoms with Crippen LogP contribution in [0.2, 0.25) is 0 Å². The van der Waals surface area contributed by atoms with Crippen molar-refractivity contribution in [1.82, 2.24) is 14.9 Å². The molecule has 4 N–H and O–H groups in total. The molecule has 1 aromatic carbocycles. The Morgan fingerprint density at radius 3 is 2.11 bits per heavy atom. The van der Waals surface area contributed by atoms with Gasteiger partial charge in [0.25, 0.3) is 5.91 Å². The zero-order chi connectivity index (χ0) is 21.5. The zero-order valence-corrected chi connectivity index (χ0v) is 18.4. The number of carbonyl (C=O) groups is 2. The minimum absolute atomic E-state index is 0.0679. The fourth-order valence-corrected chi connectivity index (χ4v) is 4.08. The predicted molar refractivity (Wildman–Crippen MR) is 108 cm³/mol. The van der Waals surface area contributed by atoms with Crippen molar-refractivity contribution in [2.45, 2.75) is 58.0 Å². The Labute approximate surface area is 168 Å². The highest BCUT2D eigenvalue weighted by atomic mass is 32.2. The molecule has 9 heteroatoms. The van der Waals surface area contributed by atoms with E-state index in [1.165, 1.54) is 4.31 Å². The lowest BCUT2D eigenvalue weighted by Crippen LogP contribution is -2.87. The molecule has 0 saturated carbocycles. The van der Waals surface area contributed by atoms with E-state index < -0.39 is 27.5 Å². The minimum Gasteiger partial charge on any atom is -0.333 e. The highest BCUT2D eigenvalue weighted by molar-refractivity contribution is 7.89. The van der Waals surface area contributed by atoms with Crippen molar-refractivity contribution in [2.24, 2.45) is 0 Å². The number of rotatable bonds is 8. The molecule has 0 aromatic heterocycles. The number of quaternary nitrogens is 1. The second-order valence-electron chi connectivity index (χ2n) is 7.64. The van der Waals surface area contributed by atoms with Crippen molar-refractivity contribution >= 4 is 22.0 Å². The molecule has 1 aromatic rings. The molecule has 0 radical (unpaired) electrons. The summed E-state index contributed by atoms with van der Waals surface area (Å²) in [5.41, 5.74) is 0.472. The summed E-state index contributed by atoms with van der Waals surface area (Å²) >= 11 is 0. The van der Waals surface area contributed by atoms with E-state index in [-0.39, 0.29) is 17.5 Å². The Kier molecular flexibility index (Phi) is 8.59. The first kappa shape index (κ1) is 24.1. The van der Waals surface area contributed by atoms with Gasteiger partial charge < -0.3 is 10.6 Å². The van der Waals surface area contributed by atoms with Gasteiger partial charge >= 0.3 is 6.03 Å². The van der Waals surface area contributed by atoms with Crippen LogP contribution in [0.15, 0.2) is 29.2 Å². The number of sulfonamides is 1. The van der Waals surface area contributed by atoms with Crippen LogP contribution in [-0.2, 0) is 14.8 Å². The molecule has 0 aliphatic heterocycles. The van der Waals surface area contributed by atoms with Crippen molar-refractivity contribution in [1.29, 1.82) is 0 Å². The van der Waals surface area contributed by atoms with Gasteiger partial charge in [0.15, 0.2) is 6.54 Å². The van der Waals surface area contributed by atoms with Gasteiger partial charge in [0.1, 0.15) is 6.04 Å². The molecule has 0 aliphatic rings. The standard InChI is InChI=1S/C19H32N4O4S/c1-7-23(8-2)28(26,27)16-11-9-15(10-12-16)14(3)20-13-17(24)21-18(25)22-19(4,5)6/h9-12,14,20H,7-8,13H2,1-6H3,(H2,21,22,24,25)/p+1/t14-/m0/s1. The summed E-state index contributed by atoms with van der Waals surface area (Å²) in [5.74, 6) is -0.394. The summed E-state index contributed by atoms with van der Waals surface area (Å²) in [7, 11) is -3.48. The first-order valence-electron chi connectivity index (χ1n) is 9.46. The van der Waals surface area contributed by atoms with Crippen molar-refractivity contribution in [3.05, 3.63) is 29.8 Å². The molecule has 1 atom stereocenters. The van der Waals surface area contributed by atoms with E-state index in [4.69, 9.17) is 0 Å². The van der Waals surface area contributed by atoms with Crippen LogP contribution in [0.3, 0.4) is 0 Å². The highest BCUT2D eigenvalue weighted by Gasteiger charge is 2.22. The van der Waals surface area contributed by atoms with E-state index in [2.05, 4.69) is 10.6 Å². The molecular formula is C19H33N4O4S+. The molecule has 0 bridgehead atoms. The van der Waals surface area contributed by atoms with Gasteiger partial charge in [-0.3, -0.25) is 10.1 Å². The average molecular weight is 414 g/mol. The maximum atomic E-state index is 12.5. The lowest BCUT2D eigenvalue weighted by atomic mass is 10.1. The third kappa shape index (κ3) is 7.21. The number of nitrogens with two attached hydrogens (primary N) is 1. The highest BCUT2D eigenvalue weighted by Crippen LogP contribution is 2.18. The van der Waals surface area contributed by atoms with Crippen LogP contribution < -0.4 is 16.0 Å². The Morgan fingerprint density at radius 1 is 1.11 bits per heavy atom. The van der Waals surface area contributed by atoms with E-state index >= 15 is 0 Å². The number of carbonyl (C=O) groups excluding carboxylic acids is 2. The smallest absolute Gasteiger partial charge is 0.322 e. The lowest BCUT2D eigenvalue weighted by Gasteiger charge is -2.20. The van der Waals surface area contributed by atoms with Gasteiger partial charge in [-0.1, -0.05) is 26.0 Å². The predicted octanol–water partition coefficient (Wildman–Crippen LogP) is 0.966. The fourth-order valence-electron chi connectivity index (χ4n) is 2.63. The van der Waals surface area contributed by atoms with E-state index in [0.29, 0.717) is 13.1 Å². The fraction of sp³-hybridized carbons (Fsp3) is 0.579. The number of hydrogen-bond donors (Lipinski definition) is 3. The molecule has 0 aliphatic carbocycles. The van der Waals surface area contributed by atoms with E-state index in [9.17, 15) is 18.0 Å². The van der Waals surface area contributed by atoms with E-state index in [1.807, 2.05) is 27.7 Å². The minimum atomic E-state index is -3.48. The van der Waals surface area contributed by atoms with Gasteiger partial charge in [0.2, 0.25) is 10.0 Å². The Balaban J connectivity index is 2.65. The number of imide groups is 1. The molecule has 158 valence electrons. The second kappa shape index (κ2) is 9.99. The van der Waals surface area contributed by atoms with Gasteiger partial charge in [0, 0.05) is 24.2 Å². The van der Waals surface area contributed by atoms with Crippen molar-refractivity contribution in [2.75, 3.05) is 19.6 Å². The number of benzene rings is 1. The quantitative estimate of drug-likeness (QED) is 0.589. The molecule has 1 rings (SSSR count). The van der Waals surface area contributed by atoms with Gasteiger partial charge in [-0.25, -0.2) is 13.2 Å². The largest absolute Gasteiger partial charge is 0.333 e. The van der Waals surface area contributed by atoms with Gasteiger partial charge in [-0.05, 0) is 39.8 Å². The third-order valence-electron chi connectivity index (χ3n) is 4.15. The Morgan fingerprint density at radius 2 is 1.64 bits per heavy atom. The first-order valence-corrected chi connectivity index (χ1v) is 10.9. The summed E-state index contributed by atoms with van der Waals surface area (Å²) in [5, 5.41) is 6.74. The molecule has 0 heterocycles. The number of urea groups is 1. The average Bonchev–Trinajstić information content (AvgIpc) is 2.58. The monoisotopic (exact) mass is 413 g/mol. The number of amides is 3. The van der Waals surface area contributed by atoms with E-state index in [0.717, 1.165) is 5.56 Å². The molecule has 0 saturated heterocycles. The summed E-state index contributed by atoms with van der Waals surface area (Å²) in [6.45, 7) is 11.9. The Hall–Kier alpha value is -1.97. The van der Waals surface area contributed by atoms with Gasteiger partial charge in [-0.2, -0.15) is 4.31 Å². The van der Waals surface area contributed by atoms with Crippen LogP contribution in [0, 0.1) is 0 Å². The molecular weight excluding hydrogens is 380 g/mol. The molecule has 3 amide bonds. The maximum Gasteiger partial charge on any atom is 0.322 e. The number of hydrogen-bond acceptors (Lipinski definition) is 4. The summed E-state index contributed by atoms with van der Waals surface area (Å²) in [4.78, 5) is 23.9. The number of nitrogens with one attached hydrogen (secondary N) is 2. The Bertz CT molecular complexity index is 766. The second-order valence-corrected chi connectivity index (χ2v) is 9.58. The normalized spacial score (nSPS) is 13.2. The molecule has 8 nitrogen and oxygen atoms in total. The van der Waals surface area contributed by atoms with Crippen LogP contribution in [0.1, 0.15) is 53.1 Å². The van der Waals surface area contributed by atoms with Crippen molar-refractivity contribution in [3.63, 3.8) is 0 Å². The summed E-state index contributed by atoms with van der Waals surface area (Å²) in [6, 6.07) is 6.09. The third-order valence-corrected chi connectivity index (χ3v) is 6.21. The summed E-state index contributed by atoms with van der Waals surface area (Å²) in [6.07, 6.45) is 0. The van der Waals surface area contributed by atoms with Crippen LogP contribution in [0.25, 0.3) is 0 Å². The van der Waals surface area contributed by atoms with Crippen molar-refractivity contribution < 1.29 is 23.3 Å². The molecule has 0 unspecified atom stereocenters. The topological polar surface area (TPSA) is 112 Å². The molecule has 28 heavy (non-hydrogen) atoms. The maximum absolute atomic E-state index is 12.5. The zero-order valence-electron chi connectivity index (χ0n) is 17.6. The van der Waals surface area contributed by atoms with Crippen LogP contribution in [0.4, 0.5) is 4.79 Å². The van der Waals surface area contributed by atoms with Crippen LogP contribution in [0.5, 0.6) is 0 Å². The summed E-state index contributed by atoms with van der Waals surface area (Å²) < 4.78 is 26.4. The first-order chi connectivity index (χ1) is 12.9. The van der Waals surface area contributed by atoms with E-state index in [1.54, 1.807) is 43.4 Å². The van der Waals surface area contributed by atoms with Gasteiger partial charge in [-0.15, -0.1) is 0 Å². The van der Waals surface area contributed by atoms with Crippen LogP contribution >= 0.6 is 0 Å².